The molecule has 0 bridgehead atoms. The maximum absolute atomic E-state index is 11.6. The Morgan fingerprint density at radius 3 is 2.57 bits per heavy atom. The monoisotopic (exact) mass is 351 g/mol. The number of rotatable bonds is 9. The quantitative estimate of drug-likeness (QED) is 0.427. The molecule has 0 spiro atoms. The zero-order valence-electron chi connectivity index (χ0n) is 12.7. The van der Waals surface area contributed by atoms with Crippen LogP contribution in [0.1, 0.15) is 5.82 Å². The molecule has 130 valence electrons. The van der Waals surface area contributed by atoms with Crippen molar-refractivity contribution in [3.8, 4) is 6.01 Å². The minimum atomic E-state index is -4.34. The highest BCUT2D eigenvalue weighted by Crippen LogP contribution is 2.06. The standard InChI is InChI=1S/C10H17N5O7S/c1-7-11-8(14-10(12-7)20-3)13-9(16)15-23(17,18)22-6-21-5-4-19-2/h4-6H2,1-3H3,(H2,11,12,13,14,15,16). The topological polar surface area (TPSA) is 151 Å². The van der Waals surface area contributed by atoms with E-state index in [1.165, 1.54) is 14.2 Å². The Morgan fingerprint density at radius 1 is 1.17 bits per heavy atom. The van der Waals surface area contributed by atoms with Gasteiger partial charge >= 0.3 is 22.3 Å². The van der Waals surface area contributed by atoms with Crippen LogP contribution >= 0.6 is 0 Å². The van der Waals surface area contributed by atoms with Crippen LogP contribution < -0.4 is 14.8 Å². The van der Waals surface area contributed by atoms with Crippen molar-refractivity contribution >= 4 is 22.3 Å². The molecule has 23 heavy (non-hydrogen) atoms. The van der Waals surface area contributed by atoms with Crippen LogP contribution in [0.2, 0.25) is 0 Å². The van der Waals surface area contributed by atoms with E-state index in [2.05, 4.69) is 24.5 Å². The van der Waals surface area contributed by atoms with Crippen molar-refractivity contribution in [3.05, 3.63) is 5.82 Å². The molecule has 13 heteroatoms. The third-order valence-electron chi connectivity index (χ3n) is 2.07. The van der Waals surface area contributed by atoms with Gasteiger partial charge in [0.15, 0.2) is 6.79 Å². The Morgan fingerprint density at radius 2 is 1.91 bits per heavy atom. The fourth-order valence-corrected chi connectivity index (χ4v) is 1.70. The number of amides is 2. The molecular weight excluding hydrogens is 334 g/mol. The molecule has 0 fully saturated rings. The number of nitrogens with one attached hydrogen (secondary N) is 2. The molecule has 0 saturated heterocycles. The lowest BCUT2D eigenvalue weighted by Crippen LogP contribution is -2.36. The minimum Gasteiger partial charge on any atom is -0.467 e. The fourth-order valence-electron chi connectivity index (χ4n) is 1.17. The van der Waals surface area contributed by atoms with Crippen LogP contribution in [-0.2, 0) is 24.0 Å². The van der Waals surface area contributed by atoms with E-state index < -0.39 is 23.1 Å². The Kier molecular flexibility index (Phi) is 7.53. The molecule has 1 aromatic heterocycles. The van der Waals surface area contributed by atoms with Crippen molar-refractivity contribution in [2.24, 2.45) is 0 Å². The first-order valence-corrected chi connectivity index (χ1v) is 7.58. The number of nitrogens with zero attached hydrogens (tertiary/aromatic N) is 3. The zero-order chi connectivity index (χ0) is 17.3. The van der Waals surface area contributed by atoms with E-state index in [4.69, 9.17) is 14.2 Å². The molecule has 1 aromatic rings. The summed E-state index contributed by atoms with van der Waals surface area (Å²) in [5, 5.41) is 2.11. The van der Waals surface area contributed by atoms with Gasteiger partial charge in [0.1, 0.15) is 5.82 Å². The largest absolute Gasteiger partial charge is 0.467 e. The van der Waals surface area contributed by atoms with Gasteiger partial charge in [0, 0.05) is 7.11 Å². The summed E-state index contributed by atoms with van der Waals surface area (Å²) in [7, 11) is -1.55. The first-order valence-electron chi connectivity index (χ1n) is 6.18. The van der Waals surface area contributed by atoms with Gasteiger partial charge < -0.3 is 14.2 Å². The van der Waals surface area contributed by atoms with Crippen LogP contribution in [0.5, 0.6) is 6.01 Å². The first-order chi connectivity index (χ1) is 10.9. The van der Waals surface area contributed by atoms with Crippen LogP contribution in [0.25, 0.3) is 0 Å². The van der Waals surface area contributed by atoms with Crippen LogP contribution in [0.4, 0.5) is 10.7 Å². The van der Waals surface area contributed by atoms with E-state index >= 15 is 0 Å². The van der Waals surface area contributed by atoms with Gasteiger partial charge in [-0.25, -0.2) is 13.7 Å². The zero-order valence-corrected chi connectivity index (χ0v) is 13.5. The molecule has 0 radical (unpaired) electrons. The second-order valence-corrected chi connectivity index (χ2v) is 5.19. The summed E-state index contributed by atoms with van der Waals surface area (Å²) in [5.74, 6) is 0.0937. The third-order valence-corrected chi connectivity index (χ3v) is 2.91. The number of aryl methyl sites for hydroxylation is 1. The van der Waals surface area contributed by atoms with E-state index in [1.54, 1.807) is 11.6 Å². The normalized spacial score (nSPS) is 11.1. The SMILES string of the molecule is COCCOCOS(=O)(=O)NC(=O)Nc1nc(C)nc(OC)n1. The predicted molar refractivity (Wildman–Crippen MR) is 76.0 cm³/mol. The maximum Gasteiger partial charge on any atom is 0.365 e. The summed E-state index contributed by atoms with van der Waals surface area (Å²) in [6, 6.07) is -1.15. The summed E-state index contributed by atoms with van der Waals surface area (Å²) in [6.45, 7) is 1.40. The number of hydrogen-bond donors (Lipinski definition) is 2. The van der Waals surface area contributed by atoms with Crippen LogP contribution in [0, 0.1) is 6.92 Å². The molecule has 1 heterocycles. The number of methoxy groups -OCH3 is 2. The van der Waals surface area contributed by atoms with Crippen molar-refractivity contribution < 1.29 is 31.6 Å². The highest BCUT2D eigenvalue weighted by Gasteiger charge is 2.17. The minimum absolute atomic E-state index is 0.0292. The molecule has 0 aliphatic heterocycles. The summed E-state index contributed by atoms with van der Waals surface area (Å²) < 4.78 is 43.2. The number of aromatic nitrogens is 3. The van der Waals surface area contributed by atoms with Gasteiger partial charge in [0.25, 0.3) is 0 Å². The van der Waals surface area contributed by atoms with Crippen LogP contribution in [-0.4, -0.2) is 63.6 Å². The Labute approximate surface area is 132 Å². The maximum atomic E-state index is 11.6. The lowest BCUT2D eigenvalue weighted by molar-refractivity contribution is -0.00574. The van der Waals surface area contributed by atoms with Gasteiger partial charge in [-0.1, -0.05) is 0 Å². The summed E-state index contributed by atoms with van der Waals surface area (Å²) in [5.41, 5.74) is 0. The van der Waals surface area contributed by atoms with Gasteiger partial charge in [0.05, 0.1) is 20.3 Å². The number of carbonyl (C=O) groups is 1. The van der Waals surface area contributed by atoms with Crippen LogP contribution in [0.3, 0.4) is 0 Å². The first kappa shape index (κ1) is 19.0. The van der Waals surface area contributed by atoms with E-state index in [9.17, 15) is 13.2 Å². The van der Waals surface area contributed by atoms with E-state index in [-0.39, 0.29) is 31.0 Å². The summed E-state index contributed by atoms with van der Waals surface area (Å²) in [4.78, 5) is 22.9. The van der Waals surface area contributed by atoms with Crippen molar-refractivity contribution in [1.29, 1.82) is 0 Å². The smallest absolute Gasteiger partial charge is 0.365 e. The Balaban J connectivity index is 2.50. The number of ether oxygens (including phenoxy) is 3. The molecule has 0 saturated carbocycles. The second kappa shape index (κ2) is 9.14. The highest BCUT2D eigenvalue weighted by atomic mass is 32.2. The van der Waals surface area contributed by atoms with Crippen molar-refractivity contribution in [1.82, 2.24) is 19.7 Å². The lowest BCUT2D eigenvalue weighted by atomic mass is 10.7. The molecule has 12 nitrogen and oxygen atoms in total. The fraction of sp³-hybridized carbons (Fsp3) is 0.600. The number of hydrogen-bond acceptors (Lipinski definition) is 10. The Bertz CT molecular complexity index is 624. The summed E-state index contributed by atoms with van der Waals surface area (Å²) in [6.07, 6.45) is 0. The molecule has 0 aromatic carbocycles. The molecule has 2 N–H and O–H groups in total. The van der Waals surface area contributed by atoms with E-state index in [0.29, 0.717) is 0 Å². The van der Waals surface area contributed by atoms with Gasteiger partial charge in [-0.05, 0) is 6.92 Å². The van der Waals surface area contributed by atoms with Crippen molar-refractivity contribution in [2.75, 3.05) is 39.5 Å². The van der Waals surface area contributed by atoms with Gasteiger partial charge in [-0.15, -0.1) is 0 Å². The van der Waals surface area contributed by atoms with Crippen molar-refractivity contribution in [2.45, 2.75) is 6.92 Å². The van der Waals surface area contributed by atoms with Gasteiger partial charge in [-0.3, -0.25) is 5.32 Å². The van der Waals surface area contributed by atoms with Crippen molar-refractivity contribution in [3.63, 3.8) is 0 Å². The number of anilines is 1. The number of urea groups is 1. The molecular formula is C10H17N5O7S. The van der Waals surface area contributed by atoms with Crippen LogP contribution in [0.15, 0.2) is 0 Å². The van der Waals surface area contributed by atoms with Gasteiger partial charge in [-0.2, -0.15) is 23.4 Å². The molecule has 0 aliphatic carbocycles. The second-order valence-electron chi connectivity index (χ2n) is 3.84. The van der Waals surface area contributed by atoms with Gasteiger partial charge in [0.2, 0.25) is 5.95 Å². The molecule has 1 rings (SSSR count). The van der Waals surface area contributed by atoms with E-state index in [1.807, 2.05) is 0 Å². The molecule has 0 unspecified atom stereocenters. The van der Waals surface area contributed by atoms with E-state index in [0.717, 1.165) is 0 Å². The Hall–Kier alpha value is -2.09. The average Bonchev–Trinajstić information content (AvgIpc) is 2.45. The number of carbonyl (C=O) groups excluding carboxylic acids is 1. The summed E-state index contributed by atoms with van der Waals surface area (Å²) >= 11 is 0. The average molecular weight is 351 g/mol. The molecule has 0 aliphatic rings. The highest BCUT2D eigenvalue weighted by molar-refractivity contribution is 7.85. The third kappa shape index (κ3) is 7.64. The molecule has 2 amide bonds. The predicted octanol–water partition coefficient (Wildman–Crippen LogP) is -0.808. The molecule has 0 atom stereocenters. The lowest BCUT2D eigenvalue weighted by Gasteiger charge is -2.09.